The van der Waals surface area contributed by atoms with E-state index in [1.54, 1.807) is 19.2 Å². The van der Waals surface area contributed by atoms with Gasteiger partial charge in [-0.3, -0.25) is 5.32 Å². The molecule has 1 aromatic heterocycles. The van der Waals surface area contributed by atoms with E-state index < -0.39 is 6.10 Å². The van der Waals surface area contributed by atoms with Gasteiger partial charge in [0, 0.05) is 12.7 Å². The molecule has 5 nitrogen and oxygen atoms in total. The van der Waals surface area contributed by atoms with Crippen molar-refractivity contribution < 1.29 is 9.90 Å². The van der Waals surface area contributed by atoms with Crippen molar-refractivity contribution in [3.63, 3.8) is 0 Å². The van der Waals surface area contributed by atoms with Crippen LogP contribution in [-0.2, 0) is 0 Å². The van der Waals surface area contributed by atoms with Crippen LogP contribution in [0.25, 0.3) is 0 Å². The molecule has 5 heteroatoms. The Kier molecular flexibility index (Phi) is 4.05. The zero-order valence-electron chi connectivity index (χ0n) is 8.82. The molecule has 0 aliphatic heterocycles. The molecule has 0 spiro atoms. The van der Waals surface area contributed by atoms with Crippen LogP contribution in [0.2, 0.25) is 0 Å². The SMILES string of the molecule is Cc1cccnc1NC(=O)NCC(C)O. The van der Waals surface area contributed by atoms with Gasteiger partial charge in [-0.05, 0) is 25.5 Å². The summed E-state index contributed by atoms with van der Waals surface area (Å²) in [6, 6.07) is 3.29. The minimum atomic E-state index is -0.555. The highest BCUT2D eigenvalue weighted by molar-refractivity contribution is 5.88. The Balaban J connectivity index is 2.48. The fourth-order valence-electron chi connectivity index (χ4n) is 1.01. The van der Waals surface area contributed by atoms with Gasteiger partial charge in [0.15, 0.2) is 0 Å². The number of pyridine rings is 1. The third kappa shape index (κ3) is 3.95. The van der Waals surface area contributed by atoms with E-state index in [1.807, 2.05) is 13.0 Å². The summed E-state index contributed by atoms with van der Waals surface area (Å²) in [4.78, 5) is 15.3. The molecule has 0 saturated carbocycles. The quantitative estimate of drug-likeness (QED) is 0.692. The summed E-state index contributed by atoms with van der Waals surface area (Å²) in [5, 5.41) is 14.1. The van der Waals surface area contributed by atoms with E-state index in [4.69, 9.17) is 5.11 Å². The van der Waals surface area contributed by atoms with Crippen molar-refractivity contribution in [2.75, 3.05) is 11.9 Å². The number of rotatable bonds is 3. The number of amides is 2. The number of aliphatic hydroxyl groups is 1. The van der Waals surface area contributed by atoms with E-state index >= 15 is 0 Å². The first-order valence-corrected chi connectivity index (χ1v) is 4.74. The Morgan fingerprint density at radius 1 is 1.67 bits per heavy atom. The van der Waals surface area contributed by atoms with Crippen molar-refractivity contribution >= 4 is 11.8 Å². The molecule has 82 valence electrons. The maximum absolute atomic E-state index is 11.3. The van der Waals surface area contributed by atoms with Crippen molar-refractivity contribution in [2.45, 2.75) is 20.0 Å². The van der Waals surface area contributed by atoms with Crippen molar-refractivity contribution in [1.82, 2.24) is 10.3 Å². The van der Waals surface area contributed by atoms with Crippen LogP contribution in [0.5, 0.6) is 0 Å². The highest BCUT2D eigenvalue weighted by atomic mass is 16.3. The second-order valence-corrected chi connectivity index (χ2v) is 3.35. The molecule has 1 unspecified atom stereocenters. The Hall–Kier alpha value is -1.62. The lowest BCUT2D eigenvalue weighted by Crippen LogP contribution is -2.34. The van der Waals surface area contributed by atoms with Gasteiger partial charge < -0.3 is 10.4 Å². The van der Waals surface area contributed by atoms with Gasteiger partial charge in [0.1, 0.15) is 5.82 Å². The van der Waals surface area contributed by atoms with Crippen molar-refractivity contribution in [2.24, 2.45) is 0 Å². The van der Waals surface area contributed by atoms with Crippen LogP contribution >= 0.6 is 0 Å². The molecule has 1 rings (SSSR count). The standard InChI is InChI=1S/C10H15N3O2/c1-7-4-3-5-11-9(7)13-10(15)12-6-8(2)14/h3-5,8,14H,6H2,1-2H3,(H2,11,12,13,15). The molecule has 0 aliphatic rings. The Labute approximate surface area is 88.5 Å². The molecule has 15 heavy (non-hydrogen) atoms. The van der Waals surface area contributed by atoms with Crippen LogP contribution in [0.4, 0.5) is 10.6 Å². The first-order chi connectivity index (χ1) is 7.09. The third-order valence-corrected chi connectivity index (χ3v) is 1.80. The molecule has 0 aliphatic carbocycles. The number of aromatic nitrogens is 1. The van der Waals surface area contributed by atoms with E-state index in [0.29, 0.717) is 5.82 Å². The first kappa shape index (κ1) is 11.5. The second kappa shape index (κ2) is 5.31. The molecule has 1 heterocycles. The summed E-state index contributed by atoms with van der Waals surface area (Å²) in [5.41, 5.74) is 0.893. The van der Waals surface area contributed by atoms with Crippen LogP contribution < -0.4 is 10.6 Å². The summed E-state index contributed by atoms with van der Waals surface area (Å²) in [6.07, 6.45) is 1.05. The first-order valence-electron chi connectivity index (χ1n) is 4.74. The Morgan fingerprint density at radius 3 is 3.00 bits per heavy atom. The topological polar surface area (TPSA) is 74.2 Å². The van der Waals surface area contributed by atoms with E-state index in [-0.39, 0.29) is 12.6 Å². The minimum Gasteiger partial charge on any atom is -0.392 e. The van der Waals surface area contributed by atoms with Crippen molar-refractivity contribution in [1.29, 1.82) is 0 Å². The molecule has 0 radical (unpaired) electrons. The maximum Gasteiger partial charge on any atom is 0.320 e. The van der Waals surface area contributed by atoms with Gasteiger partial charge in [-0.15, -0.1) is 0 Å². The number of urea groups is 1. The number of hydrogen-bond donors (Lipinski definition) is 3. The van der Waals surface area contributed by atoms with Gasteiger partial charge in [-0.2, -0.15) is 0 Å². The van der Waals surface area contributed by atoms with E-state index in [0.717, 1.165) is 5.56 Å². The molecule has 1 aromatic rings. The zero-order chi connectivity index (χ0) is 11.3. The van der Waals surface area contributed by atoms with Crippen LogP contribution in [0.15, 0.2) is 18.3 Å². The van der Waals surface area contributed by atoms with E-state index in [9.17, 15) is 4.79 Å². The molecule has 2 amide bonds. The summed E-state index contributed by atoms with van der Waals surface area (Å²) < 4.78 is 0. The number of carbonyl (C=O) groups is 1. The van der Waals surface area contributed by atoms with Gasteiger partial charge in [0.2, 0.25) is 0 Å². The van der Waals surface area contributed by atoms with Crippen molar-refractivity contribution in [3.8, 4) is 0 Å². The maximum atomic E-state index is 11.3. The molecule has 0 aromatic carbocycles. The van der Waals surface area contributed by atoms with Gasteiger partial charge in [-0.1, -0.05) is 6.07 Å². The zero-order valence-corrected chi connectivity index (χ0v) is 8.82. The average Bonchev–Trinajstić information content (AvgIpc) is 2.18. The Morgan fingerprint density at radius 2 is 2.40 bits per heavy atom. The molecule has 0 bridgehead atoms. The number of carbonyl (C=O) groups excluding carboxylic acids is 1. The highest BCUT2D eigenvalue weighted by Gasteiger charge is 2.05. The molecular formula is C10H15N3O2. The monoisotopic (exact) mass is 209 g/mol. The molecular weight excluding hydrogens is 194 g/mol. The fraction of sp³-hybridized carbons (Fsp3) is 0.400. The fourth-order valence-corrected chi connectivity index (χ4v) is 1.01. The van der Waals surface area contributed by atoms with Crippen molar-refractivity contribution in [3.05, 3.63) is 23.9 Å². The number of anilines is 1. The summed E-state index contributed by atoms with van der Waals surface area (Å²) in [6.45, 7) is 3.68. The van der Waals surface area contributed by atoms with Crippen LogP contribution in [0.3, 0.4) is 0 Å². The van der Waals surface area contributed by atoms with Gasteiger partial charge in [0.05, 0.1) is 6.10 Å². The molecule has 0 saturated heterocycles. The lowest BCUT2D eigenvalue weighted by molar-refractivity contribution is 0.190. The van der Waals surface area contributed by atoms with Gasteiger partial charge in [0.25, 0.3) is 0 Å². The average molecular weight is 209 g/mol. The molecule has 3 N–H and O–H groups in total. The van der Waals surface area contributed by atoms with Crippen LogP contribution in [0, 0.1) is 6.92 Å². The predicted molar refractivity (Wildman–Crippen MR) is 57.7 cm³/mol. The highest BCUT2D eigenvalue weighted by Crippen LogP contribution is 2.08. The minimum absolute atomic E-state index is 0.220. The van der Waals surface area contributed by atoms with E-state index in [2.05, 4.69) is 15.6 Å². The third-order valence-electron chi connectivity index (χ3n) is 1.80. The number of nitrogens with zero attached hydrogens (tertiary/aromatic N) is 1. The number of aryl methyl sites for hydroxylation is 1. The van der Waals surface area contributed by atoms with E-state index in [1.165, 1.54) is 0 Å². The second-order valence-electron chi connectivity index (χ2n) is 3.35. The molecule has 0 fully saturated rings. The lowest BCUT2D eigenvalue weighted by Gasteiger charge is -2.09. The van der Waals surface area contributed by atoms with Gasteiger partial charge >= 0.3 is 6.03 Å². The smallest absolute Gasteiger partial charge is 0.320 e. The number of hydrogen-bond acceptors (Lipinski definition) is 3. The Bertz CT molecular complexity index is 339. The number of nitrogens with one attached hydrogen (secondary N) is 2. The normalized spacial score (nSPS) is 11.9. The molecule has 1 atom stereocenters. The summed E-state index contributed by atoms with van der Waals surface area (Å²) in [5.74, 6) is 0.528. The van der Waals surface area contributed by atoms with Gasteiger partial charge in [-0.25, -0.2) is 9.78 Å². The van der Waals surface area contributed by atoms with Crippen LogP contribution in [0.1, 0.15) is 12.5 Å². The summed E-state index contributed by atoms with van der Waals surface area (Å²) >= 11 is 0. The van der Waals surface area contributed by atoms with Crippen LogP contribution in [-0.4, -0.2) is 28.8 Å². The lowest BCUT2D eigenvalue weighted by atomic mass is 10.3. The number of aliphatic hydroxyl groups excluding tert-OH is 1. The summed E-state index contributed by atoms with van der Waals surface area (Å²) in [7, 11) is 0. The largest absolute Gasteiger partial charge is 0.392 e. The predicted octanol–water partition coefficient (Wildman–Crippen LogP) is 0.892.